The zero-order valence-corrected chi connectivity index (χ0v) is 14.6. The van der Waals surface area contributed by atoms with Crippen LogP contribution >= 0.6 is 0 Å². The maximum Gasteiger partial charge on any atom is 0.243 e. The number of carbonyl (C=O) groups excluding carboxylic acids is 1. The molecule has 126 valence electrons. The number of carbonyl (C=O) groups is 1. The second kappa shape index (κ2) is 6.37. The average molecular weight is 344 g/mol. The van der Waals surface area contributed by atoms with Crippen molar-refractivity contribution >= 4 is 15.9 Å². The van der Waals surface area contributed by atoms with Gasteiger partial charge in [-0.05, 0) is 35.7 Å². The molecule has 0 fully saturated rings. The van der Waals surface area contributed by atoms with Crippen LogP contribution in [0.3, 0.4) is 0 Å². The average Bonchev–Trinajstić information content (AvgIpc) is 2.97. The molecular weight excluding hydrogens is 324 g/mol. The SMILES string of the molecule is CC(=O)NCc1ccc2c(c1)CN(S(=O)(=O)c1ccc(C)cc1)C2. The molecule has 1 aliphatic heterocycles. The first kappa shape index (κ1) is 16.7. The molecule has 0 radical (unpaired) electrons. The Morgan fingerprint density at radius 2 is 1.75 bits per heavy atom. The van der Waals surface area contributed by atoms with Gasteiger partial charge in [0.05, 0.1) is 4.90 Å². The van der Waals surface area contributed by atoms with Gasteiger partial charge in [-0.15, -0.1) is 0 Å². The maximum absolute atomic E-state index is 12.8. The van der Waals surface area contributed by atoms with Gasteiger partial charge in [0.15, 0.2) is 0 Å². The fourth-order valence-corrected chi connectivity index (χ4v) is 4.18. The molecule has 2 aromatic rings. The molecule has 1 heterocycles. The predicted molar refractivity (Wildman–Crippen MR) is 91.6 cm³/mol. The summed E-state index contributed by atoms with van der Waals surface area (Å²) in [6.07, 6.45) is 0. The Bertz CT molecular complexity index is 874. The van der Waals surface area contributed by atoms with Crippen molar-refractivity contribution in [2.24, 2.45) is 0 Å². The summed E-state index contributed by atoms with van der Waals surface area (Å²) in [7, 11) is -3.50. The molecule has 3 rings (SSSR count). The van der Waals surface area contributed by atoms with Crippen LogP contribution in [0.25, 0.3) is 0 Å². The molecule has 2 aromatic carbocycles. The second-order valence-corrected chi connectivity index (χ2v) is 8.04. The number of nitrogens with one attached hydrogen (secondary N) is 1. The summed E-state index contributed by atoms with van der Waals surface area (Å²) < 4.78 is 27.1. The van der Waals surface area contributed by atoms with Gasteiger partial charge in [0, 0.05) is 26.6 Å². The number of hydrogen-bond acceptors (Lipinski definition) is 3. The number of fused-ring (bicyclic) bond motifs is 1. The van der Waals surface area contributed by atoms with Crippen LogP contribution in [0.1, 0.15) is 29.2 Å². The highest BCUT2D eigenvalue weighted by molar-refractivity contribution is 7.89. The molecule has 0 aliphatic carbocycles. The molecule has 0 spiro atoms. The first-order valence-corrected chi connectivity index (χ1v) is 9.22. The van der Waals surface area contributed by atoms with Gasteiger partial charge in [0.25, 0.3) is 0 Å². The van der Waals surface area contributed by atoms with Gasteiger partial charge in [-0.2, -0.15) is 4.31 Å². The minimum atomic E-state index is -3.50. The number of amides is 1. The number of hydrogen-bond donors (Lipinski definition) is 1. The molecule has 1 amide bonds. The molecule has 1 aliphatic rings. The van der Waals surface area contributed by atoms with E-state index in [4.69, 9.17) is 0 Å². The van der Waals surface area contributed by atoms with Crippen molar-refractivity contribution in [3.63, 3.8) is 0 Å². The molecule has 24 heavy (non-hydrogen) atoms. The third-order valence-electron chi connectivity index (χ3n) is 4.16. The standard InChI is InChI=1S/C18H20N2O3S/c1-13-3-7-18(8-4-13)24(22,23)20-11-16-6-5-15(9-17(16)12-20)10-19-14(2)21/h3-9H,10-12H2,1-2H3,(H,19,21). The summed E-state index contributed by atoms with van der Waals surface area (Å²) in [6.45, 7) is 4.60. The van der Waals surface area contributed by atoms with Crippen molar-refractivity contribution in [2.75, 3.05) is 0 Å². The minimum Gasteiger partial charge on any atom is -0.352 e. The van der Waals surface area contributed by atoms with E-state index in [2.05, 4.69) is 5.32 Å². The molecule has 0 unspecified atom stereocenters. The van der Waals surface area contributed by atoms with Crippen LogP contribution in [0.2, 0.25) is 0 Å². The van der Waals surface area contributed by atoms with Crippen LogP contribution in [0.15, 0.2) is 47.4 Å². The van der Waals surface area contributed by atoms with E-state index in [1.807, 2.05) is 37.3 Å². The van der Waals surface area contributed by atoms with Gasteiger partial charge < -0.3 is 5.32 Å². The Kier molecular flexibility index (Phi) is 4.43. The van der Waals surface area contributed by atoms with Crippen molar-refractivity contribution < 1.29 is 13.2 Å². The van der Waals surface area contributed by atoms with Gasteiger partial charge in [-0.3, -0.25) is 4.79 Å². The quantitative estimate of drug-likeness (QED) is 0.926. The Morgan fingerprint density at radius 1 is 1.08 bits per heavy atom. The highest BCUT2D eigenvalue weighted by Crippen LogP contribution is 2.29. The third kappa shape index (κ3) is 3.34. The zero-order valence-electron chi connectivity index (χ0n) is 13.7. The largest absolute Gasteiger partial charge is 0.352 e. The summed E-state index contributed by atoms with van der Waals surface area (Å²) in [5, 5.41) is 2.75. The fraction of sp³-hybridized carbons (Fsp3) is 0.278. The maximum atomic E-state index is 12.8. The third-order valence-corrected chi connectivity index (χ3v) is 5.97. The van der Waals surface area contributed by atoms with Gasteiger partial charge >= 0.3 is 0 Å². The Balaban J connectivity index is 1.80. The summed E-state index contributed by atoms with van der Waals surface area (Å²) in [4.78, 5) is 11.3. The molecule has 0 atom stereocenters. The Morgan fingerprint density at radius 3 is 2.42 bits per heavy atom. The van der Waals surface area contributed by atoms with E-state index in [9.17, 15) is 13.2 Å². The number of nitrogens with zero attached hydrogens (tertiary/aromatic N) is 1. The lowest BCUT2D eigenvalue weighted by Gasteiger charge is -2.15. The summed E-state index contributed by atoms with van der Waals surface area (Å²) >= 11 is 0. The smallest absolute Gasteiger partial charge is 0.243 e. The topological polar surface area (TPSA) is 66.5 Å². The van der Waals surface area contributed by atoms with Crippen LogP contribution in [-0.4, -0.2) is 18.6 Å². The lowest BCUT2D eigenvalue weighted by molar-refractivity contribution is -0.119. The van der Waals surface area contributed by atoms with Crippen LogP contribution in [0, 0.1) is 6.92 Å². The monoisotopic (exact) mass is 344 g/mol. The van der Waals surface area contributed by atoms with Crippen molar-refractivity contribution in [3.8, 4) is 0 Å². The van der Waals surface area contributed by atoms with Crippen molar-refractivity contribution in [1.82, 2.24) is 9.62 Å². The Hall–Kier alpha value is -2.18. The minimum absolute atomic E-state index is 0.0842. The predicted octanol–water partition coefficient (Wildman–Crippen LogP) is 2.34. The molecule has 5 nitrogen and oxygen atoms in total. The molecule has 0 saturated heterocycles. The van der Waals surface area contributed by atoms with Gasteiger partial charge in [-0.25, -0.2) is 8.42 Å². The van der Waals surface area contributed by atoms with E-state index < -0.39 is 10.0 Å². The summed E-state index contributed by atoms with van der Waals surface area (Å²) in [6, 6.07) is 12.7. The molecule has 0 aromatic heterocycles. The van der Waals surface area contributed by atoms with Crippen molar-refractivity contribution in [3.05, 3.63) is 64.7 Å². The van der Waals surface area contributed by atoms with Crippen LogP contribution in [0.5, 0.6) is 0 Å². The van der Waals surface area contributed by atoms with E-state index in [0.29, 0.717) is 24.5 Å². The number of benzene rings is 2. The van der Waals surface area contributed by atoms with E-state index in [1.54, 1.807) is 12.1 Å². The lowest BCUT2D eigenvalue weighted by atomic mass is 10.1. The first-order valence-electron chi connectivity index (χ1n) is 7.78. The van der Waals surface area contributed by atoms with Crippen molar-refractivity contribution in [2.45, 2.75) is 38.4 Å². The molecule has 0 bridgehead atoms. The zero-order chi connectivity index (χ0) is 17.3. The highest BCUT2D eigenvalue weighted by atomic mass is 32.2. The van der Waals surface area contributed by atoms with E-state index >= 15 is 0 Å². The molecular formula is C18H20N2O3S. The van der Waals surface area contributed by atoms with Crippen molar-refractivity contribution in [1.29, 1.82) is 0 Å². The van der Waals surface area contributed by atoms with E-state index in [1.165, 1.54) is 11.2 Å². The molecule has 6 heteroatoms. The number of rotatable bonds is 4. The van der Waals surface area contributed by atoms with E-state index in [0.717, 1.165) is 22.3 Å². The van der Waals surface area contributed by atoms with Crippen LogP contribution in [-0.2, 0) is 34.5 Å². The molecule has 0 saturated carbocycles. The Labute approximate surface area is 142 Å². The normalized spacial score (nSPS) is 14.4. The number of aryl methyl sites for hydroxylation is 1. The summed E-state index contributed by atoms with van der Waals surface area (Å²) in [5.41, 5.74) is 4.01. The van der Waals surface area contributed by atoms with Crippen LogP contribution < -0.4 is 5.32 Å². The van der Waals surface area contributed by atoms with Crippen LogP contribution in [0.4, 0.5) is 0 Å². The fourth-order valence-electron chi connectivity index (χ4n) is 2.78. The van der Waals surface area contributed by atoms with Gasteiger partial charge in [0.1, 0.15) is 0 Å². The second-order valence-electron chi connectivity index (χ2n) is 6.10. The summed E-state index contributed by atoms with van der Waals surface area (Å²) in [5.74, 6) is -0.0842. The first-order chi connectivity index (χ1) is 11.4. The van der Waals surface area contributed by atoms with Gasteiger partial charge in [-0.1, -0.05) is 35.9 Å². The van der Waals surface area contributed by atoms with Gasteiger partial charge in [0.2, 0.25) is 15.9 Å². The van der Waals surface area contributed by atoms with E-state index in [-0.39, 0.29) is 5.91 Å². The lowest BCUT2D eigenvalue weighted by Crippen LogP contribution is -2.25. The molecule has 1 N–H and O–H groups in total. The number of sulfonamides is 1. The highest BCUT2D eigenvalue weighted by Gasteiger charge is 2.30.